The fraction of sp³-hybridized carbons (Fsp3) is 0.500. The number of alkyl halides is 2. The van der Waals surface area contributed by atoms with Crippen LogP contribution >= 0.6 is 0 Å². The van der Waals surface area contributed by atoms with Crippen LogP contribution in [0.25, 0.3) is 0 Å². The fourth-order valence-electron chi connectivity index (χ4n) is 4.48. The van der Waals surface area contributed by atoms with Crippen LogP contribution < -0.4 is 14.2 Å². The van der Waals surface area contributed by atoms with Gasteiger partial charge >= 0.3 is 0 Å². The molecule has 0 saturated heterocycles. The van der Waals surface area contributed by atoms with Gasteiger partial charge < -0.3 is 14.2 Å². The molecule has 2 atom stereocenters. The molecule has 0 bridgehead atoms. The molecule has 3 nitrogen and oxygen atoms in total. The first-order valence-corrected chi connectivity index (χ1v) is 12.5. The van der Waals surface area contributed by atoms with Gasteiger partial charge in [0.05, 0.1) is 6.61 Å². The van der Waals surface area contributed by atoms with Crippen molar-refractivity contribution in [2.75, 3.05) is 19.8 Å². The molecule has 0 aliphatic heterocycles. The third-order valence-corrected chi connectivity index (χ3v) is 6.53. The van der Waals surface area contributed by atoms with E-state index in [1.807, 2.05) is 6.08 Å². The summed E-state index contributed by atoms with van der Waals surface area (Å²) in [5, 5.41) is 0. The zero-order valence-electron chi connectivity index (χ0n) is 20.8. The molecule has 37 heavy (non-hydrogen) atoms. The van der Waals surface area contributed by atoms with E-state index in [4.69, 9.17) is 14.2 Å². The minimum atomic E-state index is -1.85. The standard InChI is InChI=1S/C28H32F6O3/c1-3-17-5-7-18(8-6-17)13-20(29)15-36-23-10-9-19(25(31)26(23)32)14-21(30)16-37-24-12-11-22(35-4-2)27(33)28(24)34/h3,9-12,17-18,20-21H,1,4-8,13-16H2,2H3. The Bertz CT molecular complexity index is 1040. The van der Waals surface area contributed by atoms with Gasteiger partial charge in [-0.1, -0.05) is 12.1 Å². The molecule has 2 aromatic carbocycles. The highest BCUT2D eigenvalue weighted by molar-refractivity contribution is 5.35. The maximum Gasteiger partial charge on any atom is 0.204 e. The summed E-state index contributed by atoms with van der Waals surface area (Å²) in [5.41, 5.74) is -0.296. The van der Waals surface area contributed by atoms with Gasteiger partial charge in [-0.3, -0.25) is 0 Å². The summed E-state index contributed by atoms with van der Waals surface area (Å²) in [6.07, 6.45) is 2.18. The van der Waals surface area contributed by atoms with E-state index >= 15 is 0 Å². The molecule has 1 saturated carbocycles. The van der Waals surface area contributed by atoms with Crippen molar-refractivity contribution in [2.24, 2.45) is 11.8 Å². The first-order chi connectivity index (χ1) is 17.7. The highest BCUT2D eigenvalue weighted by Gasteiger charge is 2.24. The normalized spacial score (nSPS) is 19.2. The monoisotopic (exact) mass is 530 g/mol. The zero-order valence-corrected chi connectivity index (χ0v) is 20.8. The lowest BCUT2D eigenvalue weighted by molar-refractivity contribution is 0.147. The largest absolute Gasteiger partial charge is 0.491 e. The molecular weight excluding hydrogens is 498 g/mol. The maximum atomic E-state index is 14.5. The number of hydrogen-bond acceptors (Lipinski definition) is 3. The van der Waals surface area contributed by atoms with Crippen LogP contribution in [0.4, 0.5) is 26.3 Å². The molecule has 1 aliphatic carbocycles. The van der Waals surface area contributed by atoms with Crippen molar-refractivity contribution in [3.63, 3.8) is 0 Å². The van der Waals surface area contributed by atoms with E-state index in [1.54, 1.807) is 6.92 Å². The van der Waals surface area contributed by atoms with Crippen molar-refractivity contribution in [3.05, 3.63) is 65.8 Å². The number of ether oxygens (including phenoxy) is 3. The SMILES string of the molecule is C=CC1CCC(CC(F)COc2ccc(CC(F)COc3ccc(OCC)c(F)c3F)c(F)c2F)CC1. The van der Waals surface area contributed by atoms with E-state index in [0.29, 0.717) is 5.92 Å². The van der Waals surface area contributed by atoms with Crippen LogP contribution in [0.15, 0.2) is 36.9 Å². The summed E-state index contributed by atoms with van der Waals surface area (Å²) >= 11 is 0. The van der Waals surface area contributed by atoms with E-state index in [-0.39, 0.29) is 30.3 Å². The summed E-state index contributed by atoms with van der Waals surface area (Å²) in [6, 6.07) is 4.49. The molecule has 2 unspecified atom stereocenters. The van der Waals surface area contributed by atoms with Crippen molar-refractivity contribution in [3.8, 4) is 17.2 Å². The molecule has 0 amide bonds. The number of hydrogen-bond donors (Lipinski definition) is 0. The maximum absolute atomic E-state index is 14.5. The van der Waals surface area contributed by atoms with E-state index in [9.17, 15) is 26.3 Å². The van der Waals surface area contributed by atoms with Gasteiger partial charge in [-0.15, -0.1) is 6.58 Å². The second-order valence-corrected chi connectivity index (χ2v) is 9.25. The van der Waals surface area contributed by atoms with Gasteiger partial charge in [-0.2, -0.15) is 13.2 Å². The van der Waals surface area contributed by atoms with Crippen molar-refractivity contribution in [1.29, 1.82) is 0 Å². The zero-order chi connectivity index (χ0) is 26.9. The Labute approximate surface area is 213 Å². The van der Waals surface area contributed by atoms with E-state index in [1.165, 1.54) is 0 Å². The summed E-state index contributed by atoms with van der Waals surface area (Å²) in [5.74, 6) is -5.89. The quantitative estimate of drug-likeness (QED) is 0.196. The van der Waals surface area contributed by atoms with Gasteiger partial charge in [0.2, 0.25) is 17.5 Å². The molecule has 0 heterocycles. The smallest absolute Gasteiger partial charge is 0.204 e. The Morgan fingerprint density at radius 1 is 0.784 bits per heavy atom. The van der Waals surface area contributed by atoms with Gasteiger partial charge in [0, 0.05) is 6.42 Å². The van der Waals surface area contributed by atoms with Crippen LogP contribution in [0.5, 0.6) is 17.2 Å². The van der Waals surface area contributed by atoms with Gasteiger partial charge in [-0.05, 0) is 74.6 Å². The van der Waals surface area contributed by atoms with Crippen LogP contribution in [0.3, 0.4) is 0 Å². The number of rotatable bonds is 13. The molecule has 1 fully saturated rings. The Morgan fingerprint density at radius 2 is 1.30 bits per heavy atom. The van der Waals surface area contributed by atoms with Crippen molar-refractivity contribution in [2.45, 2.75) is 57.8 Å². The van der Waals surface area contributed by atoms with Crippen LogP contribution in [-0.2, 0) is 6.42 Å². The van der Waals surface area contributed by atoms with Gasteiger partial charge in [0.15, 0.2) is 23.1 Å². The predicted molar refractivity (Wildman–Crippen MR) is 129 cm³/mol. The molecule has 0 aromatic heterocycles. The number of benzene rings is 2. The average Bonchev–Trinajstić information content (AvgIpc) is 2.89. The predicted octanol–water partition coefficient (Wildman–Crippen LogP) is 7.70. The fourth-order valence-corrected chi connectivity index (χ4v) is 4.48. The average molecular weight is 531 g/mol. The first kappa shape index (κ1) is 28.7. The molecule has 0 radical (unpaired) electrons. The number of halogens is 6. The summed E-state index contributed by atoms with van der Waals surface area (Å²) in [7, 11) is 0. The lowest BCUT2D eigenvalue weighted by Gasteiger charge is -2.27. The van der Waals surface area contributed by atoms with E-state index in [0.717, 1.165) is 49.9 Å². The molecule has 0 spiro atoms. The highest BCUT2D eigenvalue weighted by atomic mass is 19.2. The third kappa shape index (κ3) is 7.82. The Morgan fingerprint density at radius 3 is 1.86 bits per heavy atom. The van der Waals surface area contributed by atoms with Crippen LogP contribution in [0, 0.1) is 35.1 Å². The lowest BCUT2D eigenvalue weighted by Crippen LogP contribution is -2.21. The Balaban J connectivity index is 1.50. The van der Waals surface area contributed by atoms with Crippen LogP contribution in [-0.4, -0.2) is 32.2 Å². The third-order valence-electron chi connectivity index (χ3n) is 6.53. The first-order valence-electron chi connectivity index (χ1n) is 12.5. The van der Waals surface area contributed by atoms with Crippen molar-refractivity contribution >= 4 is 0 Å². The second-order valence-electron chi connectivity index (χ2n) is 9.25. The molecule has 3 rings (SSSR count). The second kappa shape index (κ2) is 13.6. The Kier molecular flexibility index (Phi) is 10.6. The highest BCUT2D eigenvalue weighted by Crippen LogP contribution is 2.33. The topological polar surface area (TPSA) is 27.7 Å². The Hall–Kier alpha value is -2.84. The van der Waals surface area contributed by atoms with Crippen LogP contribution in [0.1, 0.15) is 44.6 Å². The lowest BCUT2D eigenvalue weighted by atomic mass is 9.80. The molecule has 204 valence electrons. The minimum absolute atomic E-state index is 0.126. The molecule has 0 N–H and O–H groups in total. The summed E-state index contributed by atoms with van der Waals surface area (Å²) < 4.78 is 101. The molecule has 2 aromatic rings. The van der Waals surface area contributed by atoms with E-state index in [2.05, 4.69) is 6.58 Å². The van der Waals surface area contributed by atoms with Crippen molar-refractivity contribution < 1.29 is 40.6 Å². The minimum Gasteiger partial charge on any atom is -0.491 e. The van der Waals surface area contributed by atoms with Crippen molar-refractivity contribution in [1.82, 2.24) is 0 Å². The van der Waals surface area contributed by atoms with Gasteiger partial charge in [0.1, 0.15) is 25.6 Å². The number of allylic oxidation sites excluding steroid dienone is 1. The van der Waals surface area contributed by atoms with Crippen LogP contribution in [0.2, 0.25) is 0 Å². The summed E-state index contributed by atoms with van der Waals surface area (Å²) in [4.78, 5) is 0. The van der Waals surface area contributed by atoms with E-state index < -0.39 is 66.7 Å². The van der Waals surface area contributed by atoms with Gasteiger partial charge in [0.25, 0.3) is 0 Å². The molecule has 9 heteroatoms. The van der Waals surface area contributed by atoms with Gasteiger partial charge in [-0.25, -0.2) is 13.2 Å². The molecule has 1 aliphatic rings. The summed E-state index contributed by atoms with van der Waals surface area (Å²) in [6.45, 7) is 4.38. The molecular formula is C28H32F6O3.